The number of hydrogen-bond donors (Lipinski definition) is 2. The minimum absolute atomic E-state index is 0.0439. The lowest BCUT2D eigenvalue weighted by Crippen LogP contribution is -2.56. The molecule has 2 atom stereocenters. The molecule has 0 aliphatic carbocycles. The molecule has 2 heterocycles. The second-order valence-electron chi connectivity index (χ2n) is 5.59. The maximum absolute atomic E-state index is 12.2. The monoisotopic (exact) mass is 253 g/mol. The highest BCUT2D eigenvalue weighted by Crippen LogP contribution is 2.19. The lowest BCUT2D eigenvalue weighted by Gasteiger charge is -2.27. The van der Waals surface area contributed by atoms with Gasteiger partial charge in [-0.05, 0) is 46.1 Å². The second-order valence-corrected chi connectivity index (χ2v) is 5.59. The first-order valence-corrected chi connectivity index (χ1v) is 6.88. The topological polar surface area (TPSA) is 61.4 Å². The highest BCUT2D eigenvalue weighted by atomic mass is 16.2. The van der Waals surface area contributed by atoms with Crippen molar-refractivity contribution >= 4 is 11.8 Å². The molecule has 0 saturated carbocycles. The van der Waals surface area contributed by atoms with Gasteiger partial charge in [0.1, 0.15) is 6.04 Å². The van der Waals surface area contributed by atoms with Crippen LogP contribution >= 0.6 is 0 Å². The Bertz CT molecular complexity index is 331. The molecule has 2 fully saturated rings. The third-order valence-electron chi connectivity index (χ3n) is 4.01. The lowest BCUT2D eigenvalue weighted by atomic mass is 9.99. The third kappa shape index (κ3) is 2.66. The molecule has 2 N–H and O–H groups in total. The third-order valence-corrected chi connectivity index (χ3v) is 4.01. The number of nitrogens with zero attached hydrogens (tertiary/aromatic N) is 1. The van der Waals surface area contributed by atoms with Gasteiger partial charge in [0.2, 0.25) is 11.8 Å². The fraction of sp³-hybridized carbons (Fsp3) is 0.846. The van der Waals surface area contributed by atoms with Gasteiger partial charge in [-0.15, -0.1) is 0 Å². The summed E-state index contributed by atoms with van der Waals surface area (Å²) in [5.41, 5.74) is -0.500. The van der Waals surface area contributed by atoms with Gasteiger partial charge in [0.25, 0.3) is 0 Å². The van der Waals surface area contributed by atoms with Gasteiger partial charge in [0, 0.05) is 13.1 Å². The van der Waals surface area contributed by atoms with Crippen molar-refractivity contribution in [2.24, 2.45) is 0 Å². The molecular weight excluding hydrogens is 230 g/mol. The van der Waals surface area contributed by atoms with Crippen molar-refractivity contribution in [3.8, 4) is 0 Å². The van der Waals surface area contributed by atoms with Crippen LogP contribution < -0.4 is 10.6 Å². The molecule has 5 heteroatoms. The van der Waals surface area contributed by atoms with Crippen LogP contribution in [0.2, 0.25) is 0 Å². The summed E-state index contributed by atoms with van der Waals surface area (Å²) in [6.45, 7) is 6.21. The predicted octanol–water partition coefficient (Wildman–Crippen LogP) is 0.256. The lowest BCUT2D eigenvalue weighted by molar-refractivity contribution is -0.136. The van der Waals surface area contributed by atoms with Crippen LogP contribution in [0.1, 0.15) is 39.5 Å². The number of rotatable bonds is 3. The molecule has 2 aliphatic rings. The van der Waals surface area contributed by atoms with Crippen molar-refractivity contribution in [2.45, 2.75) is 51.1 Å². The van der Waals surface area contributed by atoms with Crippen LogP contribution in [0.25, 0.3) is 0 Å². The summed E-state index contributed by atoms with van der Waals surface area (Å²) in [7, 11) is 0. The van der Waals surface area contributed by atoms with Gasteiger partial charge in [-0.3, -0.25) is 9.59 Å². The fourth-order valence-electron chi connectivity index (χ4n) is 2.72. The van der Waals surface area contributed by atoms with Gasteiger partial charge in [-0.2, -0.15) is 0 Å². The maximum atomic E-state index is 12.2. The molecular formula is C13H23N3O2. The van der Waals surface area contributed by atoms with Gasteiger partial charge in [0.05, 0.1) is 5.54 Å². The highest BCUT2D eigenvalue weighted by Gasteiger charge is 2.37. The first-order chi connectivity index (χ1) is 8.53. The van der Waals surface area contributed by atoms with Crippen LogP contribution in [-0.2, 0) is 9.59 Å². The minimum atomic E-state index is -0.500. The summed E-state index contributed by atoms with van der Waals surface area (Å²) in [5, 5.41) is 6.06. The van der Waals surface area contributed by atoms with Crippen molar-refractivity contribution in [2.75, 3.05) is 19.6 Å². The molecule has 0 aromatic rings. The molecule has 0 aromatic carbocycles. The SMILES string of the molecule is CC(NC(=O)C1(C)CCCN1)C(=O)N1CCCC1. The van der Waals surface area contributed by atoms with Crippen LogP contribution in [0.15, 0.2) is 0 Å². The van der Waals surface area contributed by atoms with E-state index in [0.29, 0.717) is 0 Å². The minimum Gasteiger partial charge on any atom is -0.343 e. The Morgan fingerprint density at radius 1 is 1.28 bits per heavy atom. The molecule has 0 radical (unpaired) electrons. The van der Waals surface area contributed by atoms with Crippen molar-refractivity contribution < 1.29 is 9.59 Å². The Kier molecular flexibility index (Phi) is 3.90. The summed E-state index contributed by atoms with van der Waals surface area (Å²) < 4.78 is 0. The maximum Gasteiger partial charge on any atom is 0.244 e. The normalized spacial score (nSPS) is 29.3. The molecule has 2 aliphatic heterocycles. The van der Waals surface area contributed by atoms with Crippen LogP contribution in [0.3, 0.4) is 0 Å². The zero-order valence-corrected chi connectivity index (χ0v) is 11.3. The second kappa shape index (κ2) is 5.26. The molecule has 0 bridgehead atoms. The Morgan fingerprint density at radius 3 is 2.50 bits per heavy atom. The molecule has 5 nitrogen and oxygen atoms in total. The molecule has 2 amide bonds. The van der Waals surface area contributed by atoms with Gasteiger partial charge in [-0.25, -0.2) is 0 Å². The molecule has 0 spiro atoms. The predicted molar refractivity (Wildman–Crippen MR) is 69.1 cm³/mol. The van der Waals surface area contributed by atoms with Gasteiger partial charge in [-0.1, -0.05) is 0 Å². The fourth-order valence-corrected chi connectivity index (χ4v) is 2.72. The Balaban J connectivity index is 1.88. The van der Waals surface area contributed by atoms with E-state index in [4.69, 9.17) is 0 Å². The number of carbonyl (C=O) groups is 2. The molecule has 2 saturated heterocycles. The standard InChI is InChI=1S/C13H23N3O2/c1-10(11(17)16-8-3-4-9-16)15-12(18)13(2)6-5-7-14-13/h10,14H,3-9H2,1-2H3,(H,15,18). The quantitative estimate of drug-likeness (QED) is 0.758. The van der Waals surface area contributed by atoms with E-state index >= 15 is 0 Å². The summed E-state index contributed by atoms with van der Waals surface area (Å²) in [6.07, 6.45) is 4.00. The van der Waals surface area contributed by atoms with E-state index in [1.165, 1.54) is 0 Å². The molecule has 18 heavy (non-hydrogen) atoms. The van der Waals surface area contributed by atoms with Crippen molar-refractivity contribution in [1.82, 2.24) is 15.5 Å². The summed E-state index contributed by atoms with van der Waals surface area (Å²) in [5.74, 6) is -0.0116. The van der Waals surface area contributed by atoms with Crippen molar-refractivity contribution in [3.63, 3.8) is 0 Å². The average molecular weight is 253 g/mol. The molecule has 2 unspecified atom stereocenters. The van der Waals surface area contributed by atoms with Gasteiger partial charge in [0.15, 0.2) is 0 Å². The van der Waals surface area contributed by atoms with Crippen molar-refractivity contribution in [3.05, 3.63) is 0 Å². The molecule has 102 valence electrons. The van der Waals surface area contributed by atoms with Crippen LogP contribution in [0, 0.1) is 0 Å². The number of nitrogens with one attached hydrogen (secondary N) is 2. The first kappa shape index (κ1) is 13.3. The van der Waals surface area contributed by atoms with E-state index in [0.717, 1.165) is 45.3 Å². The number of likely N-dealkylation sites (tertiary alicyclic amines) is 1. The van der Waals surface area contributed by atoms with E-state index in [9.17, 15) is 9.59 Å². The zero-order valence-electron chi connectivity index (χ0n) is 11.3. The van der Waals surface area contributed by atoms with E-state index in [2.05, 4.69) is 10.6 Å². The van der Waals surface area contributed by atoms with Crippen LogP contribution in [0.4, 0.5) is 0 Å². The summed E-state index contributed by atoms with van der Waals surface area (Å²) >= 11 is 0. The van der Waals surface area contributed by atoms with Crippen molar-refractivity contribution in [1.29, 1.82) is 0 Å². The summed E-state index contributed by atoms with van der Waals surface area (Å²) in [4.78, 5) is 26.1. The highest BCUT2D eigenvalue weighted by molar-refractivity contribution is 5.91. The van der Waals surface area contributed by atoms with E-state index in [1.54, 1.807) is 6.92 Å². The van der Waals surface area contributed by atoms with E-state index in [1.807, 2.05) is 11.8 Å². The molecule has 0 aromatic heterocycles. The Hall–Kier alpha value is -1.10. The molecule has 2 rings (SSSR count). The number of carbonyl (C=O) groups excluding carboxylic acids is 2. The average Bonchev–Trinajstić information content (AvgIpc) is 2.99. The van der Waals surface area contributed by atoms with E-state index < -0.39 is 11.6 Å². The first-order valence-electron chi connectivity index (χ1n) is 6.88. The number of hydrogen-bond acceptors (Lipinski definition) is 3. The largest absolute Gasteiger partial charge is 0.343 e. The van der Waals surface area contributed by atoms with E-state index in [-0.39, 0.29) is 11.8 Å². The Labute approximate surface area is 108 Å². The number of amides is 2. The Morgan fingerprint density at radius 2 is 1.94 bits per heavy atom. The summed E-state index contributed by atoms with van der Waals surface area (Å²) in [6, 6.07) is -0.421. The zero-order chi connectivity index (χ0) is 13.2. The smallest absolute Gasteiger partial charge is 0.244 e. The van der Waals surface area contributed by atoms with Gasteiger partial charge >= 0.3 is 0 Å². The van der Waals surface area contributed by atoms with Crippen LogP contribution in [0.5, 0.6) is 0 Å². The van der Waals surface area contributed by atoms with Gasteiger partial charge < -0.3 is 15.5 Å². The van der Waals surface area contributed by atoms with Crippen LogP contribution in [-0.4, -0.2) is 47.9 Å².